The van der Waals surface area contributed by atoms with E-state index in [-0.39, 0.29) is 41.8 Å². The lowest BCUT2D eigenvalue weighted by Crippen LogP contribution is -2.48. The van der Waals surface area contributed by atoms with Crippen LogP contribution in [-0.4, -0.2) is 41.4 Å². The van der Waals surface area contributed by atoms with Gasteiger partial charge in [0.25, 0.3) is 0 Å². The van der Waals surface area contributed by atoms with Crippen molar-refractivity contribution in [3.8, 4) is 0 Å². The molecule has 41 heavy (non-hydrogen) atoms. The van der Waals surface area contributed by atoms with Crippen LogP contribution in [0.2, 0.25) is 0 Å². The van der Waals surface area contributed by atoms with Crippen molar-refractivity contribution in [2.24, 2.45) is 11.7 Å². The largest absolute Gasteiger partial charge is 0.362 e. The smallest absolute Gasteiger partial charge is 0.242 e. The summed E-state index contributed by atoms with van der Waals surface area (Å²) in [7, 11) is 0. The molecule has 7 heteroatoms. The average molecular weight is 665 g/mol. The first-order valence-corrected chi connectivity index (χ1v) is 15.9. The van der Waals surface area contributed by atoms with Crippen LogP contribution in [0.3, 0.4) is 0 Å². The molecule has 6 nitrogen and oxygen atoms in total. The van der Waals surface area contributed by atoms with Gasteiger partial charge in [0.15, 0.2) is 0 Å². The zero-order valence-corrected chi connectivity index (χ0v) is 26.0. The van der Waals surface area contributed by atoms with Crippen LogP contribution in [0.25, 0.3) is 6.08 Å². The summed E-state index contributed by atoms with van der Waals surface area (Å²) in [5.74, 6) is 0.213. The van der Waals surface area contributed by atoms with Crippen LogP contribution in [0.1, 0.15) is 68.1 Å². The number of hydrogen-bond acceptors (Lipinski definition) is 4. The summed E-state index contributed by atoms with van der Waals surface area (Å²) >= 11 is 2.31. The molecule has 2 aromatic rings. The number of nitrogens with zero attached hydrogens (tertiary/aromatic N) is 1. The molecular formula is C34H41IN4O2. The third-order valence-corrected chi connectivity index (χ3v) is 9.72. The number of hydrogen-bond donors (Lipinski definition) is 3. The molecule has 1 unspecified atom stereocenters. The highest BCUT2D eigenvalue weighted by molar-refractivity contribution is 14.1. The zero-order valence-electron chi connectivity index (χ0n) is 23.8. The quantitative estimate of drug-likeness (QED) is 0.234. The van der Waals surface area contributed by atoms with Gasteiger partial charge in [-0.25, -0.2) is 0 Å². The molecule has 216 valence electrons. The third-order valence-electron chi connectivity index (χ3n) is 8.82. The number of carbonyl (C=O) groups is 2. The first kappa shape index (κ1) is 29.6. The van der Waals surface area contributed by atoms with Crippen molar-refractivity contribution < 1.29 is 9.59 Å². The number of allylic oxidation sites excluding steroid dienone is 3. The highest BCUT2D eigenvalue weighted by atomic mass is 127. The van der Waals surface area contributed by atoms with Crippen molar-refractivity contribution in [3.05, 3.63) is 93.2 Å². The van der Waals surface area contributed by atoms with Gasteiger partial charge < -0.3 is 21.3 Å². The number of likely N-dealkylation sites (tertiary alicyclic amines) is 1. The lowest BCUT2D eigenvalue weighted by Gasteiger charge is -2.32. The van der Waals surface area contributed by atoms with E-state index in [0.717, 1.165) is 70.3 Å². The Morgan fingerprint density at radius 2 is 1.90 bits per heavy atom. The fourth-order valence-electron chi connectivity index (χ4n) is 6.42. The van der Waals surface area contributed by atoms with Crippen LogP contribution in [0.4, 0.5) is 5.69 Å². The van der Waals surface area contributed by atoms with Crippen LogP contribution >= 0.6 is 22.6 Å². The molecule has 0 bridgehead atoms. The number of rotatable bonds is 8. The van der Waals surface area contributed by atoms with E-state index in [9.17, 15) is 9.59 Å². The summed E-state index contributed by atoms with van der Waals surface area (Å²) in [4.78, 5) is 29.0. The predicted octanol–water partition coefficient (Wildman–Crippen LogP) is 6.14. The second kappa shape index (κ2) is 13.4. The van der Waals surface area contributed by atoms with Crippen LogP contribution in [0.5, 0.6) is 0 Å². The van der Waals surface area contributed by atoms with E-state index in [1.807, 2.05) is 37.3 Å². The molecule has 0 radical (unpaired) electrons. The van der Waals surface area contributed by atoms with Crippen molar-refractivity contribution in [3.63, 3.8) is 0 Å². The van der Waals surface area contributed by atoms with Gasteiger partial charge in [-0.05, 0) is 103 Å². The van der Waals surface area contributed by atoms with Gasteiger partial charge in [0.2, 0.25) is 11.8 Å². The first-order chi connectivity index (χ1) is 19.9. The Balaban J connectivity index is 1.25. The van der Waals surface area contributed by atoms with Crippen LogP contribution in [-0.2, 0) is 16.0 Å². The maximum atomic E-state index is 13.5. The third kappa shape index (κ3) is 6.95. The summed E-state index contributed by atoms with van der Waals surface area (Å²) in [6.07, 6.45) is 14.3. The van der Waals surface area contributed by atoms with Crippen molar-refractivity contribution in [1.82, 2.24) is 10.2 Å². The van der Waals surface area contributed by atoms with Crippen molar-refractivity contribution in [2.45, 2.75) is 75.9 Å². The van der Waals surface area contributed by atoms with E-state index in [4.69, 9.17) is 5.73 Å². The van der Waals surface area contributed by atoms with E-state index < -0.39 is 0 Å². The SMILES string of the molecule is C=C[C@H]1C[C@@H](C(=O)NC2CCC(N)CC2)N(/C(=C\C)Cc2ccc(NC(=O)C3CC=Cc4ccccc43)c(I)c2)C1. The maximum absolute atomic E-state index is 13.5. The molecule has 0 spiro atoms. The summed E-state index contributed by atoms with van der Waals surface area (Å²) in [6.45, 7) is 6.86. The van der Waals surface area contributed by atoms with Gasteiger partial charge in [-0.3, -0.25) is 9.59 Å². The molecule has 5 rings (SSSR count). The number of benzene rings is 2. The lowest BCUT2D eigenvalue weighted by molar-refractivity contribution is -0.126. The van der Waals surface area contributed by atoms with Crippen molar-refractivity contribution >= 4 is 46.2 Å². The van der Waals surface area contributed by atoms with E-state index >= 15 is 0 Å². The fraction of sp³-hybridized carbons (Fsp3) is 0.412. The number of nitrogens with one attached hydrogen (secondary N) is 2. The maximum Gasteiger partial charge on any atom is 0.242 e. The first-order valence-electron chi connectivity index (χ1n) is 14.8. The minimum atomic E-state index is -0.204. The minimum Gasteiger partial charge on any atom is -0.362 e. The number of carbonyl (C=O) groups excluding carboxylic acids is 2. The molecular weight excluding hydrogens is 623 g/mol. The molecule has 3 aliphatic rings. The summed E-state index contributed by atoms with van der Waals surface area (Å²) in [5, 5.41) is 6.49. The Bertz CT molecular complexity index is 1340. The Morgan fingerprint density at radius 3 is 2.63 bits per heavy atom. The van der Waals surface area contributed by atoms with Gasteiger partial charge in [-0.15, -0.1) is 6.58 Å². The summed E-state index contributed by atoms with van der Waals surface area (Å²) < 4.78 is 0.999. The predicted molar refractivity (Wildman–Crippen MR) is 175 cm³/mol. The van der Waals surface area contributed by atoms with Crippen molar-refractivity contribution in [1.29, 1.82) is 0 Å². The normalized spacial score (nSPS) is 25.9. The molecule has 1 heterocycles. The van der Waals surface area contributed by atoms with Gasteiger partial charge in [0.1, 0.15) is 6.04 Å². The van der Waals surface area contributed by atoms with E-state index in [1.54, 1.807) is 0 Å². The number of nitrogens with two attached hydrogens (primary N) is 1. The Hall–Kier alpha value is -2.91. The highest BCUT2D eigenvalue weighted by Gasteiger charge is 2.37. The van der Waals surface area contributed by atoms with Crippen molar-refractivity contribution in [2.75, 3.05) is 11.9 Å². The fourth-order valence-corrected chi connectivity index (χ4v) is 7.14. The number of amides is 2. The molecule has 1 aliphatic heterocycles. The van der Waals surface area contributed by atoms with Gasteiger partial charge in [-0.2, -0.15) is 0 Å². The van der Waals surface area contributed by atoms with E-state index in [0.29, 0.717) is 12.8 Å². The van der Waals surface area contributed by atoms with E-state index in [2.05, 4.69) is 81.1 Å². The van der Waals surface area contributed by atoms with E-state index in [1.165, 1.54) is 0 Å². The van der Waals surface area contributed by atoms with Gasteiger partial charge in [-0.1, -0.05) is 54.6 Å². The van der Waals surface area contributed by atoms with Gasteiger partial charge >= 0.3 is 0 Å². The Morgan fingerprint density at radius 1 is 1.12 bits per heavy atom. The topological polar surface area (TPSA) is 87.5 Å². The molecule has 2 aromatic carbocycles. The molecule has 2 fully saturated rings. The molecule has 0 aromatic heterocycles. The summed E-state index contributed by atoms with van der Waals surface area (Å²) in [5.41, 5.74) is 11.4. The molecule has 4 N–H and O–H groups in total. The number of halogens is 1. The van der Waals surface area contributed by atoms with Gasteiger partial charge in [0.05, 0.1) is 11.6 Å². The number of fused-ring (bicyclic) bond motifs is 1. The van der Waals surface area contributed by atoms with Gasteiger partial charge in [0, 0.05) is 34.3 Å². The zero-order chi connectivity index (χ0) is 28.9. The molecule has 1 saturated carbocycles. The monoisotopic (exact) mass is 664 g/mol. The second-order valence-corrected chi connectivity index (χ2v) is 12.8. The molecule has 3 atom stereocenters. The molecule has 1 saturated heterocycles. The molecule has 2 aliphatic carbocycles. The van der Waals surface area contributed by atoms with Crippen LogP contribution in [0, 0.1) is 9.49 Å². The average Bonchev–Trinajstić information content (AvgIpc) is 3.43. The lowest BCUT2D eigenvalue weighted by atomic mass is 9.86. The van der Waals surface area contributed by atoms with Crippen LogP contribution in [0.15, 0.2) is 73.0 Å². The second-order valence-electron chi connectivity index (χ2n) is 11.6. The Kier molecular flexibility index (Phi) is 9.65. The minimum absolute atomic E-state index is 0.0166. The Labute approximate surface area is 257 Å². The summed E-state index contributed by atoms with van der Waals surface area (Å²) in [6, 6.07) is 14.6. The standard InChI is InChI=1S/C34H41IN4O2/c1-3-22-20-32(34(41)37-26-15-13-25(36)14-16-26)39(21-22)27(4-2)18-23-12-17-31(30(35)19-23)38-33(40)29-11-7-9-24-8-5-6-10-28(24)29/h3-10,12,17,19,22,25-26,29,32H,1,11,13-16,18,20-21,36H2,2H3,(H,37,41)(H,38,40)/b27-4-/t22-,25?,26?,29?,32-/m0/s1. The molecule has 2 amide bonds. The number of anilines is 1. The highest BCUT2D eigenvalue weighted by Crippen LogP contribution is 2.33. The van der Waals surface area contributed by atoms with Crippen LogP contribution < -0.4 is 16.4 Å².